The van der Waals surface area contributed by atoms with Gasteiger partial charge in [0.1, 0.15) is 5.82 Å². The van der Waals surface area contributed by atoms with Gasteiger partial charge in [-0.25, -0.2) is 4.39 Å². The van der Waals surface area contributed by atoms with Gasteiger partial charge < -0.3 is 10.4 Å². The van der Waals surface area contributed by atoms with Crippen LogP contribution in [0.3, 0.4) is 0 Å². The van der Waals surface area contributed by atoms with Gasteiger partial charge >= 0.3 is 6.18 Å². The number of rotatable bonds is 6. The first-order valence-corrected chi connectivity index (χ1v) is 6.67. The molecular weight excluding hydrogens is 298 g/mol. The molecule has 20 heavy (non-hydrogen) atoms. The summed E-state index contributed by atoms with van der Waals surface area (Å²) in [7, 11) is 0. The molecule has 1 aromatic rings. The summed E-state index contributed by atoms with van der Waals surface area (Å²) in [5, 5.41) is 10.7. The second-order valence-electron chi connectivity index (χ2n) is 3.91. The van der Waals surface area contributed by atoms with Crippen molar-refractivity contribution in [3.8, 4) is 0 Å². The van der Waals surface area contributed by atoms with E-state index in [4.69, 9.17) is 5.11 Å². The molecule has 0 aromatic heterocycles. The predicted molar refractivity (Wildman–Crippen MR) is 66.8 cm³/mol. The Balaban J connectivity index is 2.22. The van der Waals surface area contributed by atoms with Crippen LogP contribution >= 0.6 is 11.8 Å². The maximum Gasteiger partial charge on any atom is 0.416 e. The lowest BCUT2D eigenvalue weighted by Gasteiger charge is -2.14. The van der Waals surface area contributed by atoms with Crippen molar-refractivity contribution < 1.29 is 27.5 Å². The Morgan fingerprint density at radius 2 is 1.90 bits per heavy atom. The Bertz CT molecular complexity index is 436. The van der Waals surface area contributed by atoms with Gasteiger partial charge in [0, 0.05) is 17.1 Å². The van der Waals surface area contributed by atoms with E-state index in [1.807, 2.05) is 5.32 Å². The lowest BCUT2D eigenvalue weighted by Crippen LogP contribution is -2.40. The normalized spacial score (nSPS) is 13.1. The van der Waals surface area contributed by atoms with Crippen LogP contribution in [0, 0.1) is 5.82 Å². The van der Waals surface area contributed by atoms with E-state index in [2.05, 4.69) is 0 Å². The van der Waals surface area contributed by atoms with Gasteiger partial charge in [0.2, 0.25) is 5.91 Å². The number of alkyl halides is 3. The molecule has 8 heteroatoms. The van der Waals surface area contributed by atoms with Crippen molar-refractivity contribution in [2.45, 2.75) is 23.6 Å². The first-order valence-electron chi connectivity index (χ1n) is 5.69. The summed E-state index contributed by atoms with van der Waals surface area (Å²) < 4.78 is 48.5. The van der Waals surface area contributed by atoms with Gasteiger partial charge in [-0.15, -0.1) is 11.8 Å². The fourth-order valence-electron chi connectivity index (χ4n) is 1.21. The fourth-order valence-corrected chi connectivity index (χ4v) is 2.06. The van der Waals surface area contributed by atoms with Crippen LogP contribution in [0.5, 0.6) is 0 Å². The van der Waals surface area contributed by atoms with E-state index in [1.54, 1.807) is 12.1 Å². The van der Waals surface area contributed by atoms with Crippen LogP contribution in [0.15, 0.2) is 29.2 Å². The average molecular weight is 311 g/mol. The molecule has 0 saturated heterocycles. The zero-order valence-corrected chi connectivity index (χ0v) is 11.1. The minimum absolute atomic E-state index is 0.00657. The van der Waals surface area contributed by atoms with Crippen LogP contribution in [0.4, 0.5) is 17.6 Å². The molecule has 1 amide bonds. The summed E-state index contributed by atoms with van der Waals surface area (Å²) in [6, 6.07) is 5.65. The number of halogens is 4. The minimum atomic E-state index is -4.74. The van der Waals surface area contributed by atoms with Crippen molar-refractivity contribution in [3.05, 3.63) is 30.1 Å². The Hall–Kier alpha value is -1.28. The van der Waals surface area contributed by atoms with E-state index < -0.39 is 24.7 Å². The van der Waals surface area contributed by atoms with Gasteiger partial charge in [0.05, 0.1) is 6.54 Å². The molecule has 2 N–H and O–H groups in total. The standard InChI is InChI=1S/C12H13F4NO2S/c13-8-1-3-9(4-2-8)20-6-5-11(19)17-7-10(18)12(14,15)16/h1-4,10,18H,5-7H2,(H,17,19). The number of nitrogens with one attached hydrogen (secondary N) is 1. The van der Waals surface area contributed by atoms with E-state index in [9.17, 15) is 22.4 Å². The smallest absolute Gasteiger partial charge is 0.382 e. The third kappa shape index (κ3) is 6.25. The van der Waals surface area contributed by atoms with E-state index in [0.717, 1.165) is 4.90 Å². The maximum atomic E-state index is 12.6. The van der Waals surface area contributed by atoms with Gasteiger partial charge in [-0.3, -0.25) is 4.79 Å². The number of aliphatic hydroxyl groups excluding tert-OH is 1. The van der Waals surface area contributed by atoms with Gasteiger partial charge in [-0.1, -0.05) is 0 Å². The Labute approximate surface area is 117 Å². The van der Waals surface area contributed by atoms with Crippen molar-refractivity contribution >= 4 is 17.7 Å². The monoisotopic (exact) mass is 311 g/mol. The highest BCUT2D eigenvalue weighted by Gasteiger charge is 2.38. The lowest BCUT2D eigenvalue weighted by molar-refractivity contribution is -0.201. The van der Waals surface area contributed by atoms with Gasteiger partial charge in [-0.2, -0.15) is 13.2 Å². The minimum Gasteiger partial charge on any atom is -0.382 e. The van der Waals surface area contributed by atoms with Crippen LogP contribution in [0.25, 0.3) is 0 Å². The molecule has 1 atom stereocenters. The van der Waals surface area contributed by atoms with Crippen molar-refractivity contribution in [2.24, 2.45) is 0 Å². The highest BCUT2D eigenvalue weighted by atomic mass is 32.2. The van der Waals surface area contributed by atoms with E-state index in [1.165, 1.54) is 23.9 Å². The van der Waals surface area contributed by atoms with Gasteiger partial charge in [0.25, 0.3) is 0 Å². The lowest BCUT2D eigenvalue weighted by atomic mass is 10.3. The summed E-state index contributed by atoms with van der Waals surface area (Å²) >= 11 is 1.29. The first kappa shape index (κ1) is 16.8. The maximum absolute atomic E-state index is 12.6. The summed E-state index contributed by atoms with van der Waals surface area (Å²) in [5.41, 5.74) is 0. The largest absolute Gasteiger partial charge is 0.416 e. The number of carbonyl (C=O) groups is 1. The zero-order chi connectivity index (χ0) is 15.2. The molecule has 1 aromatic carbocycles. The molecule has 0 aliphatic rings. The second kappa shape index (κ2) is 7.49. The summed E-state index contributed by atoms with van der Waals surface area (Å²) in [6.07, 6.45) is -7.29. The molecule has 3 nitrogen and oxygen atoms in total. The van der Waals surface area contributed by atoms with Crippen LogP contribution in [-0.4, -0.2) is 35.6 Å². The van der Waals surface area contributed by atoms with Gasteiger partial charge in [-0.05, 0) is 24.3 Å². The number of hydrogen-bond donors (Lipinski definition) is 2. The molecule has 0 aliphatic carbocycles. The highest BCUT2D eigenvalue weighted by molar-refractivity contribution is 7.99. The SMILES string of the molecule is O=C(CCSc1ccc(F)cc1)NCC(O)C(F)(F)F. The molecule has 0 saturated carbocycles. The number of hydrogen-bond acceptors (Lipinski definition) is 3. The topological polar surface area (TPSA) is 49.3 Å². The van der Waals surface area contributed by atoms with E-state index >= 15 is 0 Å². The van der Waals surface area contributed by atoms with Crippen molar-refractivity contribution in [2.75, 3.05) is 12.3 Å². The molecule has 112 valence electrons. The van der Waals surface area contributed by atoms with Crippen LogP contribution < -0.4 is 5.32 Å². The summed E-state index contributed by atoms with van der Waals surface area (Å²) in [5.74, 6) is -0.601. The molecule has 0 radical (unpaired) electrons. The van der Waals surface area contributed by atoms with Crippen molar-refractivity contribution in [3.63, 3.8) is 0 Å². The molecule has 0 aliphatic heterocycles. The third-order valence-corrected chi connectivity index (χ3v) is 3.30. The highest BCUT2D eigenvalue weighted by Crippen LogP contribution is 2.20. The third-order valence-electron chi connectivity index (χ3n) is 2.28. The number of aliphatic hydroxyl groups is 1. The van der Waals surface area contributed by atoms with E-state index in [-0.39, 0.29) is 12.2 Å². The Morgan fingerprint density at radius 3 is 2.45 bits per heavy atom. The molecule has 0 heterocycles. The van der Waals surface area contributed by atoms with Crippen molar-refractivity contribution in [1.82, 2.24) is 5.32 Å². The summed E-state index contributed by atoms with van der Waals surface area (Å²) in [6.45, 7) is -0.858. The predicted octanol–water partition coefficient (Wildman–Crippen LogP) is 2.35. The molecule has 0 spiro atoms. The quantitative estimate of drug-likeness (QED) is 0.626. The molecule has 1 rings (SSSR count). The number of carbonyl (C=O) groups excluding carboxylic acids is 1. The Morgan fingerprint density at radius 1 is 1.30 bits per heavy atom. The van der Waals surface area contributed by atoms with Crippen LogP contribution in [0.2, 0.25) is 0 Å². The summed E-state index contributed by atoms with van der Waals surface area (Å²) in [4.78, 5) is 12.0. The first-order chi connectivity index (χ1) is 9.29. The van der Waals surface area contributed by atoms with Crippen molar-refractivity contribution in [1.29, 1.82) is 0 Å². The molecule has 1 unspecified atom stereocenters. The number of amides is 1. The molecule has 0 bridgehead atoms. The van der Waals surface area contributed by atoms with Gasteiger partial charge in [0.15, 0.2) is 6.10 Å². The Kier molecular flexibility index (Phi) is 6.28. The number of benzene rings is 1. The second-order valence-corrected chi connectivity index (χ2v) is 5.08. The van der Waals surface area contributed by atoms with Crippen LogP contribution in [-0.2, 0) is 4.79 Å². The van der Waals surface area contributed by atoms with E-state index in [0.29, 0.717) is 5.75 Å². The molecular formula is C12H13F4NO2S. The molecule has 0 fully saturated rings. The fraction of sp³-hybridized carbons (Fsp3) is 0.417. The average Bonchev–Trinajstić information content (AvgIpc) is 2.37. The number of thioether (sulfide) groups is 1. The zero-order valence-electron chi connectivity index (χ0n) is 10.3. The van der Waals surface area contributed by atoms with Crippen LogP contribution in [0.1, 0.15) is 6.42 Å².